The lowest BCUT2D eigenvalue weighted by Gasteiger charge is -2.28. The van der Waals surface area contributed by atoms with Gasteiger partial charge in [-0.25, -0.2) is 0 Å². The highest BCUT2D eigenvalue weighted by molar-refractivity contribution is 5.54. The van der Waals surface area contributed by atoms with Gasteiger partial charge in [-0.2, -0.15) is 0 Å². The first-order valence-corrected chi connectivity index (χ1v) is 10.8. The molecule has 0 aliphatic heterocycles. The van der Waals surface area contributed by atoms with Crippen molar-refractivity contribution < 1.29 is 9.47 Å². The zero-order valence-electron chi connectivity index (χ0n) is 18.5. The van der Waals surface area contributed by atoms with E-state index in [4.69, 9.17) is 9.47 Å². The van der Waals surface area contributed by atoms with Crippen LogP contribution in [0.3, 0.4) is 0 Å². The minimum Gasteiger partial charge on any atom is -0.494 e. The van der Waals surface area contributed by atoms with Gasteiger partial charge in [0.25, 0.3) is 0 Å². The fraction of sp³-hybridized carbons (Fsp3) is 0.538. The van der Waals surface area contributed by atoms with Crippen molar-refractivity contribution in [3.8, 4) is 11.5 Å². The van der Waals surface area contributed by atoms with E-state index in [1.54, 1.807) is 0 Å². The summed E-state index contributed by atoms with van der Waals surface area (Å²) >= 11 is 0. The molecule has 0 heterocycles. The average molecular weight is 381 g/mol. The van der Waals surface area contributed by atoms with Gasteiger partial charge in [-0.3, -0.25) is 0 Å². The Kier molecular flexibility index (Phi) is 6.07. The molecule has 0 N–H and O–H groups in total. The molecule has 0 radical (unpaired) electrons. The highest BCUT2D eigenvalue weighted by atomic mass is 16.5. The van der Waals surface area contributed by atoms with Gasteiger partial charge in [0, 0.05) is 5.41 Å². The summed E-state index contributed by atoms with van der Waals surface area (Å²) in [7, 11) is 0. The Hall–Kier alpha value is -1.96. The molecule has 2 heteroatoms. The lowest BCUT2D eigenvalue weighted by Crippen LogP contribution is -2.23. The molecule has 0 fully saturated rings. The zero-order valence-corrected chi connectivity index (χ0v) is 18.5. The smallest absolute Gasteiger partial charge is 0.119 e. The molecular formula is C26H36O2. The van der Waals surface area contributed by atoms with Gasteiger partial charge in [-0.1, -0.05) is 59.7 Å². The van der Waals surface area contributed by atoms with Crippen LogP contribution in [0.1, 0.15) is 77.5 Å². The highest BCUT2D eigenvalue weighted by Crippen LogP contribution is 2.53. The first-order valence-electron chi connectivity index (χ1n) is 10.8. The third-order valence-corrected chi connectivity index (χ3v) is 6.04. The predicted octanol–water partition coefficient (Wildman–Crippen LogP) is 6.89. The van der Waals surface area contributed by atoms with Gasteiger partial charge in [0.1, 0.15) is 11.5 Å². The van der Waals surface area contributed by atoms with Gasteiger partial charge >= 0.3 is 0 Å². The SMILES string of the molecule is CCCOc1ccc(C2(C)CC(C)(C)c3ccc(OCCC(C)C)cc32)cc1. The molecule has 0 saturated carbocycles. The fourth-order valence-electron chi connectivity index (χ4n) is 4.54. The maximum atomic E-state index is 6.08. The molecule has 1 atom stereocenters. The van der Waals surface area contributed by atoms with Crippen molar-refractivity contribution >= 4 is 0 Å². The van der Waals surface area contributed by atoms with E-state index < -0.39 is 0 Å². The molecule has 0 amide bonds. The largest absolute Gasteiger partial charge is 0.494 e. The number of benzene rings is 2. The van der Waals surface area contributed by atoms with Crippen LogP contribution in [-0.4, -0.2) is 13.2 Å². The summed E-state index contributed by atoms with van der Waals surface area (Å²) in [6.07, 6.45) is 3.21. The number of ether oxygens (including phenoxy) is 2. The lowest BCUT2D eigenvalue weighted by molar-refractivity contribution is 0.289. The van der Waals surface area contributed by atoms with Crippen LogP contribution in [0.5, 0.6) is 11.5 Å². The molecule has 28 heavy (non-hydrogen) atoms. The molecule has 2 aromatic carbocycles. The van der Waals surface area contributed by atoms with Crippen LogP contribution in [0.4, 0.5) is 0 Å². The summed E-state index contributed by atoms with van der Waals surface area (Å²) in [5, 5.41) is 0. The van der Waals surface area contributed by atoms with Gasteiger partial charge in [-0.05, 0) is 71.6 Å². The Bertz CT molecular complexity index is 789. The summed E-state index contributed by atoms with van der Waals surface area (Å²) in [6.45, 7) is 15.2. The quantitative estimate of drug-likeness (QED) is 0.496. The van der Waals surface area contributed by atoms with E-state index in [-0.39, 0.29) is 10.8 Å². The third-order valence-electron chi connectivity index (χ3n) is 6.04. The van der Waals surface area contributed by atoms with Crippen LogP contribution in [0.25, 0.3) is 0 Å². The molecule has 2 nitrogen and oxygen atoms in total. The summed E-state index contributed by atoms with van der Waals surface area (Å²) < 4.78 is 11.9. The van der Waals surface area contributed by atoms with Crippen LogP contribution < -0.4 is 9.47 Å². The molecule has 3 rings (SSSR count). The van der Waals surface area contributed by atoms with Crippen molar-refractivity contribution in [2.75, 3.05) is 13.2 Å². The minimum atomic E-state index is -0.0143. The highest BCUT2D eigenvalue weighted by Gasteiger charge is 2.45. The zero-order chi connectivity index (χ0) is 20.4. The molecule has 0 spiro atoms. The van der Waals surface area contributed by atoms with Crippen LogP contribution in [0.2, 0.25) is 0 Å². The Morgan fingerprint density at radius 2 is 1.50 bits per heavy atom. The van der Waals surface area contributed by atoms with Gasteiger partial charge in [0.15, 0.2) is 0 Å². The van der Waals surface area contributed by atoms with E-state index >= 15 is 0 Å². The number of rotatable bonds is 8. The van der Waals surface area contributed by atoms with Crippen LogP contribution in [0, 0.1) is 5.92 Å². The van der Waals surface area contributed by atoms with Crippen molar-refractivity contribution in [3.63, 3.8) is 0 Å². The number of fused-ring (bicyclic) bond motifs is 1. The second-order valence-electron chi connectivity index (χ2n) is 9.50. The number of hydrogen-bond donors (Lipinski definition) is 0. The van der Waals surface area contributed by atoms with Crippen molar-refractivity contribution in [2.45, 2.75) is 71.6 Å². The van der Waals surface area contributed by atoms with Crippen molar-refractivity contribution in [3.05, 3.63) is 59.2 Å². The summed E-state index contributed by atoms with van der Waals surface area (Å²) in [6, 6.07) is 15.4. The van der Waals surface area contributed by atoms with Crippen LogP contribution in [0.15, 0.2) is 42.5 Å². The molecule has 0 aromatic heterocycles. The van der Waals surface area contributed by atoms with E-state index in [0.717, 1.165) is 44.0 Å². The topological polar surface area (TPSA) is 18.5 Å². The Morgan fingerprint density at radius 3 is 2.14 bits per heavy atom. The first kappa shape index (κ1) is 20.8. The summed E-state index contributed by atoms with van der Waals surface area (Å²) in [5.41, 5.74) is 4.33. The summed E-state index contributed by atoms with van der Waals surface area (Å²) in [5.74, 6) is 2.61. The maximum absolute atomic E-state index is 6.08. The van der Waals surface area contributed by atoms with E-state index in [0.29, 0.717) is 5.92 Å². The third kappa shape index (κ3) is 4.21. The molecule has 152 valence electrons. The van der Waals surface area contributed by atoms with Crippen molar-refractivity contribution in [1.29, 1.82) is 0 Å². The van der Waals surface area contributed by atoms with Crippen LogP contribution >= 0.6 is 0 Å². The minimum absolute atomic E-state index is 0.0143. The summed E-state index contributed by atoms with van der Waals surface area (Å²) in [4.78, 5) is 0. The average Bonchev–Trinajstić information content (AvgIpc) is 2.86. The fourth-order valence-corrected chi connectivity index (χ4v) is 4.54. The Labute approximate surface area is 171 Å². The maximum Gasteiger partial charge on any atom is 0.119 e. The van der Waals surface area contributed by atoms with Gasteiger partial charge in [0.05, 0.1) is 13.2 Å². The first-order chi connectivity index (χ1) is 13.3. The van der Waals surface area contributed by atoms with Gasteiger partial charge in [-0.15, -0.1) is 0 Å². The molecule has 1 aliphatic rings. The Balaban J connectivity index is 1.90. The normalized spacial score (nSPS) is 20.2. The van der Waals surface area contributed by atoms with Gasteiger partial charge < -0.3 is 9.47 Å². The molecule has 0 saturated heterocycles. The molecule has 0 bridgehead atoms. The van der Waals surface area contributed by atoms with Crippen molar-refractivity contribution in [1.82, 2.24) is 0 Å². The predicted molar refractivity (Wildman–Crippen MR) is 118 cm³/mol. The van der Waals surface area contributed by atoms with Crippen molar-refractivity contribution in [2.24, 2.45) is 5.92 Å². The van der Waals surface area contributed by atoms with E-state index in [1.165, 1.54) is 16.7 Å². The lowest BCUT2D eigenvalue weighted by atomic mass is 9.75. The molecular weight excluding hydrogens is 344 g/mol. The van der Waals surface area contributed by atoms with Gasteiger partial charge in [0.2, 0.25) is 0 Å². The van der Waals surface area contributed by atoms with E-state index in [1.807, 2.05) is 0 Å². The molecule has 1 unspecified atom stereocenters. The molecule has 1 aliphatic carbocycles. The Morgan fingerprint density at radius 1 is 0.857 bits per heavy atom. The van der Waals surface area contributed by atoms with E-state index in [9.17, 15) is 0 Å². The standard InChI is InChI=1S/C26H36O2/c1-7-15-27-21-10-8-20(9-11-21)26(6)18-25(4,5)23-13-12-22(17-24(23)26)28-16-14-19(2)3/h8-13,17,19H,7,14-16,18H2,1-6H3. The molecule has 2 aromatic rings. The number of hydrogen-bond acceptors (Lipinski definition) is 2. The van der Waals surface area contributed by atoms with E-state index in [2.05, 4.69) is 84.0 Å². The monoisotopic (exact) mass is 380 g/mol. The second-order valence-corrected chi connectivity index (χ2v) is 9.50. The van der Waals surface area contributed by atoms with Crippen LogP contribution in [-0.2, 0) is 10.8 Å². The second kappa shape index (κ2) is 8.19.